The molecule has 0 radical (unpaired) electrons. The first-order valence-corrected chi connectivity index (χ1v) is 6.17. The number of primary amides is 1. The van der Waals surface area contributed by atoms with Crippen LogP contribution in [-0.4, -0.2) is 54.0 Å². The third-order valence-corrected chi connectivity index (χ3v) is 3.35. The Labute approximate surface area is 118 Å². The lowest BCUT2D eigenvalue weighted by Gasteiger charge is -2.16. The Morgan fingerprint density at radius 2 is 2.10 bits per heavy atom. The zero-order valence-corrected chi connectivity index (χ0v) is 11.0. The number of aliphatic hydroxyl groups excluding tert-OH is 2. The zero-order valence-electron chi connectivity index (χ0n) is 11.0. The SMILES string of the molecule is Cc1nc(N)c2ncn([C@@H]3O[C@H](C(N)=O)C(O)C3O)c2n1. The van der Waals surface area contributed by atoms with Crippen LogP contribution in [0.2, 0.25) is 0 Å². The second-order valence-corrected chi connectivity index (χ2v) is 4.81. The zero-order chi connectivity index (χ0) is 15.3. The average Bonchev–Trinajstić information content (AvgIpc) is 2.93. The van der Waals surface area contributed by atoms with Crippen molar-refractivity contribution in [1.82, 2.24) is 19.5 Å². The minimum absolute atomic E-state index is 0.190. The highest BCUT2D eigenvalue weighted by Gasteiger charge is 2.47. The fourth-order valence-electron chi connectivity index (χ4n) is 2.36. The van der Waals surface area contributed by atoms with Crippen LogP contribution in [0.3, 0.4) is 0 Å². The van der Waals surface area contributed by atoms with Crippen LogP contribution < -0.4 is 11.5 Å². The number of nitrogens with zero attached hydrogens (tertiary/aromatic N) is 4. The number of fused-ring (bicyclic) bond motifs is 1. The minimum Gasteiger partial charge on any atom is -0.387 e. The molecule has 1 aliphatic heterocycles. The Morgan fingerprint density at radius 3 is 2.71 bits per heavy atom. The maximum Gasteiger partial charge on any atom is 0.249 e. The summed E-state index contributed by atoms with van der Waals surface area (Å²) >= 11 is 0. The molecule has 0 aliphatic carbocycles. The molecule has 1 aliphatic rings. The van der Waals surface area contributed by atoms with E-state index >= 15 is 0 Å². The molecule has 3 heterocycles. The Kier molecular flexibility index (Phi) is 3.01. The van der Waals surface area contributed by atoms with Gasteiger partial charge in [-0.15, -0.1) is 0 Å². The molecular weight excluding hydrogens is 280 g/mol. The summed E-state index contributed by atoms with van der Waals surface area (Å²) in [5.74, 6) is -0.254. The summed E-state index contributed by atoms with van der Waals surface area (Å²) in [4.78, 5) is 23.4. The van der Waals surface area contributed by atoms with E-state index in [0.29, 0.717) is 17.0 Å². The van der Waals surface area contributed by atoms with Gasteiger partial charge in [0.15, 0.2) is 23.8 Å². The maximum atomic E-state index is 11.2. The third kappa shape index (κ3) is 2.00. The van der Waals surface area contributed by atoms with E-state index in [2.05, 4.69) is 15.0 Å². The first kappa shape index (κ1) is 13.7. The minimum atomic E-state index is -1.43. The number of anilines is 1. The van der Waals surface area contributed by atoms with Crippen LogP contribution in [0.25, 0.3) is 11.2 Å². The second-order valence-electron chi connectivity index (χ2n) is 4.81. The Bertz CT molecular complexity index is 716. The average molecular weight is 294 g/mol. The van der Waals surface area contributed by atoms with Gasteiger partial charge >= 0.3 is 0 Å². The van der Waals surface area contributed by atoms with Gasteiger partial charge in [-0.05, 0) is 6.92 Å². The van der Waals surface area contributed by atoms with Crippen LogP contribution in [-0.2, 0) is 9.53 Å². The van der Waals surface area contributed by atoms with E-state index < -0.39 is 30.4 Å². The van der Waals surface area contributed by atoms with Crippen molar-refractivity contribution in [2.75, 3.05) is 5.73 Å². The standard InChI is InChI=1S/C11H14N6O4/c1-3-15-8(12)4-10(16-3)17(2-14-4)11-6(19)5(18)7(21-11)9(13)20/h2,5-7,11,18-19H,1H3,(H2,13,20)(H2,12,15,16)/t5?,6?,7-,11+/m0/s1. The molecular formula is C11H14N6O4. The van der Waals surface area contributed by atoms with Crippen LogP contribution >= 0.6 is 0 Å². The van der Waals surface area contributed by atoms with Crippen LogP contribution in [0, 0.1) is 6.92 Å². The van der Waals surface area contributed by atoms with Gasteiger partial charge in [-0.1, -0.05) is 0 Å². The van der Waals surface area contributed by atoms with Crippen molar-refractivity contribution in [1.29, 1.82) is 0 Å². The number of aromatic nitrogens is 4. The van der Waals surface area contributed by atoms with E-state index in [-0.39, 0.29) is 5.82 Å². The highest BCUT2D eigenvalue weighted by atomic mass is 16.6. The summed E-state index contributed by atoms with van der Waals surface area (Å²) in [6.07, 6.45) is -3.78. The van der Waals surface area contributed by atoms with Gasteiger partial charge in [0.1, 0.15) is 23.5 Å². The molecule has 10 heteroatoms. The number of aliphatic hydroxyl groups is 2. The predicted octanol–water partition coefficient (Wildman–Crippen LogP) is -2.18. The number of imidazole rings is 1. The van der Waals surface area contributed by atoms with Gasteiger partial charge in [0.25, 0.3) is 0 Å². The Hall–Kier alpha value is -2.30. The van der Waals surface area contributed by atoms with Crippen LogP contribution in [0.1, 0.15) is 12.1 Å². The number of hydrogen-bond acceptors (Lipinski definition) is 8. The van der Waals surface area contributed by atoms with Crippen molar-refractivity contribution >= 4 is 22.9 Å². The number of amides is 1. The van der Waals surface area contributed by atoms with Gasteiger partial charge in [0.05, 0.1) is 6.33 Å². The molecule has 112 valence electrons. The van der Waals surface area contributed by atoms with E-state index in [0.717, 1.165) is 0 Å². The fourth-order valence-corrected chi connectivity index (χ4v) is 2.36. The normalized spacial score (nSPS) is 29.1. The summed E-state index contributed by atoms with van der Waals surface area (Å²) in [5, 5.41) is 19.9. The molecule has 1 fully saturated rings. The fraction of sp³-hybridized carbons (Fsp3) is 0.455. The van der Waals surface area contributed by atoms with Gasteiger partial charge < -0.3 is 26.4 Å². The predicted molar refractivity (Wildman–Crippen MR) is 69.6 cm³/mol. The topological polar surface area (TPSA) is 162 Å². The van der Waals surface area contributed by atoms with Crippen molar-refractivity contribution in [3.05, 3.63) is 12.2 Å². The Morgan fingerprint density at radius 1 is 1.38 bits per heavy atom. The third-order valence-electron chi connectivity index (χ3n) is 3.35. The largest absolute Gasteiger partial charge is 0.387 e. The lowest BCUT2D eigenvalue weighted by Crippen LogP contribution is -2.39. The lowest BCUT2D eigenvalue weighted by atomic mass is 10.1. The number of rotatable bonds is 2. The number of ether oxygens (including phenoxy) is 1. The molecule has 1 amide bonds. The number of aryl methyl sites for hydroxylation is 1. The summed E-state index contributed by atoms with van der Waals surface area (Å²) in [6.45, 7) is 1.65. The molecule has 4 atom stereocenters. The quantitative estimate of drug-likeness (QED) is 0.486. The highest BCUT2D eigenvalue weighted by Crippen LogP contribution is 2.31. The summed E-state index contributed by atoms with van der Waals surface area (Å²) in [6, 6.07) is 0. The molecule has 0 spiro atoms. The molecule has 2 aromatic heterocycles. The van der Waals surface area contributed by atoms with E-state index in [9.17, 15) is 15.0 Å². The van der Waals surface area contributed by atoms with Gasteiger partial charge in [-0.2, -0.15) is 0 Å². The van der Waals surface area contributed by atoms with E-state index in [4.69, 9.17) is 16.2 Å². The number of carbonyl (C=O) groups excluding carboxylic acids is 1. The van der Waals surface area contributed by atoms with E-state index in [1.807, 2.05) is 0 Å². The van der Waals surface area contributed by atoms with Crippen molar-refractivity contribution in [3.63, 3.8) is 0 Å². The van der Waals surface area contributed by atoms with Crippen molar-refractivity contribution in [2.45, 2.75) is 31.5 Å². The molecule has 0 bridgehead atoms. The molecule has 21 heavy (non-hydrogen) atoms. The molecule has 6 N–H and O–H groups in total. The maximum absolute atomic E-state index is 11.2. The second kappa shape index (κ2) is 4.62. The summed E-state index contributed by atoms with van der Waals surface area (Å²) in [7, 11) is 0. The molecule has 1 saturated heterocycles. The smallest absolute Gasteiger partial charge is 0.249 e. The van der Waals surface area contributed by atoms with Gasteiger partial charge in [0.2, 0.25) is 5.91 Å². The van der Waals surface area contributed by atoms with Gasteiger partial charge in [-0.3, -0.25) is 9.36 Å². The van der Waals surface area contributed by atoms with E-state index in [1.54, 1.807) is 6.92 Å². The molecule has 2 aromatic rings. The lowest BCUT2D eigenvalue weighted by molar-refractivity contribution is -0.134. The Balaban J connectivity index is 2.07. The van der Waals surface area contributed by atoms with Crippen LogP contribution in [0.5, 0.6) is 0 Å². The highest BCUT2D eigenvalue weighted by molar-refractivity contribution is 5.82. The first-order valence-electron chi connectivity index (χ1n) is 6.17. The van der Waals surface area contributed by atoms with Crippen molar-refractivity contribution in [2.24, 2.45) is 5.73 Å². The van der Waals surface area contributed by atoms with Gasteiger partial charge in [-0.25, -0.2) is 15.0 Å². The molecule has 2 unspecified atom stereocenters. The monoisotopic (exact) mass is 294 g/mol. The molecule has 3 rings (SSSR count). The van der Waals surface area contributed by atoms with Crippen LogP contribution in [0.15, 0.2) is 6.33 Å². The summed E-state index contributed by atoms with van der Waals surface area (Å²) in [5.41, 5.74) is 11.5. The molecule has 0 aromatic carbocycles. The van der Waals surface area contributed by atoms with Crippen LogP contribution in [0.4, 0.5) is 5.82 Å². The number of nitrogens with two attached hydrogens (primary N) is 2. The number of nitrogen functional groups attached to an aromatic ring is 1. The molecule has 0 saturated carbocycles. The number of hydrogen-bond donors (Lipinski definition) is 4. The van der Waals surface area contributed by atoms with E-state index in [1.165, 1.54) is 10.9 Å². The number of carbonyl (C=O) groups is 1. The first-order chi connectivity index (χ1) is 9.90. The van der Waals surface area contributed by atoms with Gasteiger partial charge in [0, 0.05) is 0 Å². The van der Waals surface area contributed by atoms with Crippen molar-refractivity contribution < 1.29 is 19.7 Å². The summed E-state index contributed by atoms with van der Waals surface area (Å²) < 4.78 is 6.71. The van der Waals surface area contributed by atoms with Crippen molar-refractivity contribution in [3.8, 4) is 0 Å². The molecule has 10 nitrogen and oxygen atoms in total.